The van der Waals surface area contributed by atoms with E-state index >= 15 is 0 Å². The lowest BCUT2D eigenvalue weighted by molar-refractivity contribution is -0.274. The van der Waals surface area contributed by atoms with Crippen molar-refractivity contribution in [3.05, 3.63) is 42.5 Å². The van der Waals surface area contributed by atoms with Gasteiger partial charge in [0.05, 0.1) is 23.8 Å². The number of hydrogen-bond acceptors (Lipinski definition) is 6. The molecule has 0 radical (unpaired) electrons. The predicted molar refractivity (Wildman–Crippen MR) is 87.5 cm³/mol. The van der Waals surface area contributed by atoms with Gasteiger partial charge in [-0.2, -0.15) is 4.31 Å². The molecule has 1 saturated heterocycles. The number of benzene rings is 1. The Morgan fingerprint density at radius 2 is 1.75 bits per heavy atom. The van der Waals surface area contributed by atoms with Crippen molar-refractivity contribution < 1.29 is 35.5 Å². The maximum Gasteiger partial charge on any atom is 0.573 e. The Hall–Kier alpha value is -2.47. The van der Waals surface area contributed by atoms with Crippen molar-refractivity contribution in [2.24, 2.45) is 0 Å². The van der Waals surface area contributed by atoms with Gasteiger partial charge in [-0.1, -0.05) is 0 Å². The van der Waals surface area contributed by atoms with Crippen molar-refractivity contribution in [3.8, 4) is 11.8 Å². The molecule has 0 aliphatic carbocycles. The number of sulfonamides is 1. The number of hydrogen-bond donors (Lipinski definition) is 0. The van der Waals surface area contributed by atoms with Crippen LogP contribution < -0.4 is 9.47 Å². The van der Waals surface area contributed by atoms with Gasteiger partial charge in [-0.3, -0.25) is 0 Å². The third-order valence-corrected chi connectivity index (χ3v) is 5.78. The molecule has 1 aromatic carbocycles. The molecule has 2 aromatic rings. The molecular weight excluding hydrogens is 406 g/mol. The third-order valence-electron chi connectivity index (χ3n) is 3.90. The Bertz CT molecular complexity index is 905. The zero-order valence-corrected chi connectivity index (χ0v) is 15.1. The summed E-state index contributed by atoms with van der Waals surface area (Å²) in [5, 5.41) is 0. The fraction of sp³-hybridized carbons (Fsp3) is 0.375. The molecule has 7 nitrogen and oxygen atoms in total. The summed E-state index contributed by atoms with van der Waals surface area (Å²) in [5.74, 6) is -1.14. The molecule has 1 atom stereocenters. The van der Waals surface area contributed by atoms with Crippen LogP contribution in [0, 0.1) is 5.82 Å². The molecule has 0 N–H and O–H groups in total. The third kappa shape index (κ3) is 5.07. The highest BCUT2D eigenvalue weighted by molar-refractivity contribution is 7.89. The SMILES string of the molecule is O=S(=O)(c1ccc(OC(F)(F)F)cc1)N1CCCC(Oc2ncc(F)cn2)C1. The van der Waals surface area contributed by atoms with Crippen molar-refractivity contribution in [2.45, 2.75) is 30.2 Å². The number of aromatic nitrogens is 2. The molecule has 1 aromatic heterocycles. The minimum absolute atomic E-state index is 0.00384. The second-order valence-electron chi connectivity index (χ2n) is 5.95. The molecular formula is C16H15F4N3O4S. The average molecular weight is 421 g/mol. The van der Waals surface area contributed by atoms with E-state index in [4.69, 9.17) is 4.74 Å². The van der Waals surface area contributed by atoms with E-state index in [1.165, 1.54) is 4.31 Å². The van der Waals surface area contributed by atoms with Crippen molar-refractivity contribution in [3.63, 3.8) is 0 Å². The van der Waals surface area contributed by atoms with Gasteiger partial charge >= 0.3 is 12.4 Å². The molecule has 1 fully saturated rings. The fourth-order valence-electron chi connectivity index (χ4n) is 2.69. The Labute approximate surface area is 158 Å². The zero-order valence-electron chi connectivity index (χ0n) is 14.3. The normalized spacial score (nSPS) is 18.6. The Balaban J connectivity index is 1.69. The minimum atomic E-state index is -4.86. The minimum Gasteiger partial charge on any atom is -0.459 e. The zero-order chi connectivity index (χ0) is 20.4. The van der Waals surface area contributed by atoms with E-state index in [1.807, 2.05) is 0 Å². The largest absolute Gasteiger partial charge is 0.573 e. The van der Waals surface area contributed by atoms with Crippen molar-refractivity contribution in [1.29, 1.82) is 0 Å². The van der Waals surface area contributed by atoms with Crippen LogP contribution in [0.15, 0.2) is 41.6 Å². The molecule has 1 unspecified atom stereocenters. The number of ether oxygens (including phenoxy) is 2. The van der Waals surface area contributed by atoms with Gasteiger partial charge in [0.2, 0.25) is 10.0 Å². The van der Waals surface area contributed by atoms with E-state index in [9.17, 15) is 26.0 Å². The van der Waals surface area contributed by atoms with Crippen molar-refractivity contribution >= 4 is 10.0 Å². The molecule has 0 saturated carbocycles. The highest BCUT2D eigenvalue weighted by Crippen LogP contribution is 2.27. The quantitative estimate of drug-likeness (QED) is 0.691. The van der Waals surface area contributed by atoms with Gasteiger partial charge in [0.15, 0.2) is 5.82 Å². The molecule has 1 aliphatic rings. The van der Waals surface area contributed by atoms with Crippen LogP contribution in [0.2, 0.25) is 0 Å². The van der Waals surface area contributed by atoms with Gasteiger partial charge in [0.1, 0.15) is 11.9 Å². The molecule has 2 heterocycles. The summed E-state index contributed by atoms with van der Waals surface area (Å²) in [6.45, 7) is 0.233. The van der Waals surface area contributed by atoms with Crippen LogP contribution in [0.3, 0.4) is 0 Å². The Morgan fingerprint density at radius 3 is 2.36 bits per heavy atom. The lowest BCUT2D eigenvalue weighted by atomic mass is 10.1. The van der Waals surface area contributed by atoms with E-state index in [0.717, 1.165) is 36.7 Å². The summed E-state index contributed by atoms with van der Waals surface area (Å²) in [7, 11) is -3.94. The highest BCUT2D eigenvalue weighted by Gasteiger charge is 2.33. The van der Waals surface area contributed by atoms with Crippen LogP contribution in [-0.2, 0) is 10.0 Å². The summed E-state index contributed by atoms with van der Waals surface area (Å²) in [5.41, 5.74) is 0. The van der Waals surface area contributed by atoms with E-state index in [-0.39, 0.29) is 24.0 Å². The lowest BCUT2D eigenvalue weighted by Gasteiger charge is -2.31. The van der Waals surface area contributed by atoms with Gasteiger partial charge in [0.25, 0.3) is 0 Å². The monoisotopic (exact) mass is 421 g/mol. The first-order valence-corrected chi connectivity index (χ1v) is 9.58. The fourth-order valence-corrected chi connectivity index (χ4v) is 4.20. The topological polar surface area (TPSA) is 81.6 Å². The summed E-state index contributed by atoms with van der Waals surface area (Å²) in [6.07, 6.45) is -2.48. The molecule has 12 heteroatoms. The number of halogens is 4. The van der Waals surface area contributed by atoms with Gasteiger partial charge in [0, 0.05) is 6.54 Å². The first-order chi connectivity index (χ1) is 13.1. The van der Waals surface area contributed by atoms with Crippen molar-refractivity contribution in [2.75, 3.05) is 13.1 Å². The number of piperidine rings is 1. The van der Waals surface area contributed by atoms with E-state index in [1.54, 1.807) is 0 Å². The predicted octanol–water partition coefficient (Wildman–Crippen LogP) is 2.75. The first-order valence-electron chi connectivity index (χ1n) is 8.14. The first kappa shape index (κ1) is 20.3. The molecule has 3 rings (SSSR count). The van der Waals surface area contributed by atoms with Crippen LogP contribution in [0.1, 0.15) is 12.8 Å². The van der Waals surface area contributed by atoms with Gasteiger partial charge in [-0.05, 0) is 37.1 Å². The second kappa shape index (κ2) is 7.87. The number of rotatable bonds is 5. The van der Waals surface area contributed by atoms with Crippen molar-refractivity contribution in [1.82, 2.24) is 14.3 Å². The molecule has 152 valence electrons. The van der Waals surface area contributed by atoms with Gasteiger partial charge < -0.3 is 9.47 Å². The lowest BCUT2D eigenvalue weighted by Crippen LogP contribution is -2.44. The molecule has 28 heavy (non-hydrogen) atoms. The molecule has 0 amide bonds. The van der Waals surface area contributed by atoms with E-state index < -0.39 is 34.1 Å². The highest BCUT2D eigenvalue weighted by atomic mass is 32.2. The maximum atomic E-state index is 12.9. The summed E-state index contributed by atoms with van der Waals surface area (Å²) >= 11 is 0. The smallest absolute Gasteiger partial charge is 0.459 e. The molecule has 0 bridgehead atoms. The maximum absolute atomic E-state index is 12.9. The Morgan fingerprint density at radius 1 is 1.11 bits per heavy atom. The number of nitrogens with zero attached hydrogens (tertiary/aromatic N) is 3. The molecule has 0 spiro atoms. The van der Waals surface area contributed by atoms with Crippen LogP contribution in [0.4, 0.5) is 17.6 Å². The molecule has 1 aliphatic heterocycles. The summed E-state index contributed by atoms with van der Waals surface area (Å²) < 4.78 is 85.4. The standard InChI is InChI=1S/C16H15F4N3O4S/c17-11-8-21-15(22-9-11)26-13-2-1-7-23(10-13)28(24,25)14-5-3-12(4-6-14)27-16(18,19)20/h3-6,8-9,13H,1-2,7,10H2. The average Bonchev–Trinajstić information content (AvgIpc) is 2.63. The summed E-state index contributed by atoms with van der Waals surface area (Å²) in [6, 6.07) is 3.89. The van der Waals surface area contributed by atoms with Crippen LogP contribution in [-0.4, -0.2) is 48.2 Å². The van der Waals surface area contributed by atoms with E-state index in [0.29, 0.717) is 12.8 Å². The second-order valence-corrected chi connectivity index (χ2v) is 7.89. The van der Waals surface area contributed by atoms with Gasteiger partial charge in [-0.25, -0.2) is 22.8 Å². The Kier molecular flexibility index (Phi) is 5.70. The van der Waals surface area contributed by atoms with Crippen LogP contribution >= 0.6 is 0 Å². The summed E-state index contributed by atoms with van der Waals surface area (Å²) in [4.78, 5) is 7.18. The van der Waals surface area contributed by atoms with E-state index in [2.05, 4.69) is 14.7 Å². The van der Waals surface area contributed by atoms with Gasteiger partial charge in [-0.15, -0.1) is 13.2 Å². The van der Waals surface area contributed by atoms with Crippen LogP contribution in [0.5, 0.6) is 11.8 Å². The number of alkyl halides is 3. The van der Waals surface area contributed by atoms with Crippen LogP contribution in [0.25, 0.3) is 0 Å².